The molecule has 1 aromatic rings. The van der Waals surface area contributed by atoms with Gasteiger partial charge in [-0.25, -0.2) is 13.2 Å². The van der Waals surface area contributed by atoms with Crippen LogP contribution in [0.1, 0.15) is 23.5 Å². The van der Waals surface area contributed by atoms with Gasteiger partial charge >= 0.3 is 5.97 Å². The maximum atomic E-state index is 12.5. The molecule has 0 atom stereocenters. The van der Waals surface area contributed by atoms with Crippen LogP contribution in [0.5, 0.6) is 0 Å². The fraction of sp³-hybridized carbons (Fsp3) is 0.538. The molecule has 7 nitrogen and oxygen atoms in total. The minimum Gasteiger partial charge on any atom is -0.465 e. The second-order valence-electron chi connectivity index (χ2n) is 4.43. The van der Waals surface area contributed by atoms with Gasteiger partial charge in [0.2, 0.25) is 15.9 Å². The minimum absolute atomic E-state index is 0.00429. The quantitative estimate of drug-likeness (QED) is 0.687. The van der Waals surface area contributed by atoms with Crippen LogP contribution < -0.4 is 0 Å². The van der Waals surface area contributed by atoms with Crippen LogP contribution in [0.25, 0.3) is 0 Å². The lowest BCUT2D eigenvalue weighted by atomic mass is 10.4. The summed E-state index contributed by atoms with van der Waals surface area (Å²) < 4.78 is 30.6. The summed E-state index contributed by atoms with van der Waals surface area (Å²) in [4.78, 5) is 25.1. The second kappa shape index (κ2) is 7.70. The third kappa shape index (κ3) is 3.84. The van der Waals surface area contributed by atoms with Crippen LogP contribution in [0.4, 0.5) is 0 Å². The van der Waals surface area contributed by atoms with E-state index in [-0.39, 0.29) is 22.2 Å². The molecule has 9 heteroatoms. The number of hydrogen-bond donors (Lipinski definition) is 0. The Morgan fingerprint density at radius 2 is 1.86 bits per heavy atom. The van der Waals surface area contributed by atoms with E-state index in [1.165, 1.54) is 25.6 Å². The van der Waals surface area contributed by atoms with Gasteiger partial charge in [0.25, 0.3) is 0 Å². The van der Waals surface area contributed by atoms with Crippen molar-refractivity contribution in [3.05, 3.63) is 16.3 Å². The Hall–Kier alpha value is -1.45. The number of thiophene rings is 1. The maximum absolute atomic E-state index is 12.5. The van der Waals surface area contributed by atoms with Gasteiger partial charge in [-0.3, -0.25) is 4.79 Å². The highest BCUT2D eigenvalue weighted by Gasteiger charge is 2.30. The third-order valence-electron chi connectivity index (χ3n) is 3.16. The fourth-order valence-electron chi connectivity index (χ4n) is 1.86. The first-order valence-corrected chi connectivity index (χ1v) is 9.01. The summed E-state index contributed by atoms with van der Waals surface area (Å²) in [5.74, 6) is -0.997. The van der Waals surface area contributed by atoms with E-state index < -0.39 is 16.0 Å². The highest BCUT2D eigenvalue weighted by molar-refractivity contribution is 7.89. The Labute approximate surface area is 134 Å². The van der Waals surface area contributed by atoms with Gasteiger partial charge in [0.05, 0.1) is 13.7 Å². The number of amides is 1. The summed E-state index contributed by atoms with van der Waals surface area (Å²) >= 11 is 0.985. The molecule has 124 valence electrons. The molecule has 1 rings (SSSR count). The van der Waals surface area contributed by atoms with Gasteiger partial charge in [-0.15, -0.1) is 11.3 Å². The molecule has 0 aliphatic carbocycles. The first-order valence-electron chi connectivity index (χ1n) is 6.69. The standard InChI is InChI=1S/C13H20N2O5S2/c1-5-15(6-2)11(16)9-14(3)22(18,19)10-7-8-21-12(10)13(17)20-4/h7-8H,5-6,9H2,1-4H3. The molecule has 0 radical (unpaired) electrons. The molecule has 0 spiro atoms. The Balaban J connectivity index is 3.02. The summed E-state index contributed by atoms with van der Waals surface area (Å²) in [6, 6.07) is 1.34. The van der Waals surface area contributed by atoms with E-state index >= 15 is 0 Å². The van der Waals surface area contributed by atoms with Crippen molar-refractivity contribution in [1.82, 2.24) is 9.21 Å². The van der Waals surface area contributed by atoms with E-state index in [0.29, 0.717) is 13.1 Å². The number of sulfonamides is 1. The predicted molar refractivity (Wildman–Crippen MR) is 83.4 cm³/mol. The molecule has 0 fully saturated rings. The second-order valence-corrected chi connectivity index (χ2v) is 7.36. The number of likely N-dealkylation sites (N-methyl/N-ethyl adjacent to an activating group) is 2. The molecule has 22 heavy (non-hydrogen) atoms. The van der Waals surface area contributed by atoms with Crippen molar-refractivity contribution in [3.8, 4) is 0 Å². The zero-order valence-corrected chi connectivity index (χ0v) is 14.7. The number of methoxy groups -OCH3 is 1. The van der Waals surface area contributed by atoms with Crippen molar-refractivity contribution in [3.63, 3.8) is 0 Å². The molecule has 0 N–H and O–H groups in total. The van der Waals surface area contributed by atoms with Crippen molar-refractivity contribution in [2.24, 2.45) is 0 Å². The molecule has 1 amide bonds. The van der Waals surface area contributed by atoms with Crippen LogP contribution in [0.2, 0.25) is 0 Å². The van der Waals surface area contributed by atoms with Gasteiger partial charge < -0.3 is 9.64 Å². The van der Waals surface area contributed by atoms with Crippen molar-refractivity contribution >= 4 is 33.2 Å². The van der Waals surface area contributed by atoms with Crippen molar-refractivity contribution in [1.29, 1.82) is 0 Å². The summed E-state index contributed by atoms with van der Waals surface area (Å²) in [6.07, 6.45) is 0. The molecule has 0 aromatic carbocycles. The van der Waals surface area contributed by atoms with E-state index in [9.17, 15) is 18.0 Å². The van der Waals surface area contributed by atoms with Gasteiger partial charge in [-0.05, 0) is 25.3 Å². The van der Waals surface area contributed by atoms with E-state index in [1.54, 1.807) is 4.90 Å². The molecule has 0 bridgehead atoms. The van der Waals surface area contributed by atoms with Crippen LogP contribution in [0.15, 0.2) is 16.3 Å². The number of hydrogen-bond acceptors (Lipinski definition) is 6. The Kier molecular flexibility index (Phi) is 6.51. The lowest BCUT2D eigenvalue weighted by molar-refractivity contribution is -0.130. The Morgan fingerprint density at radius 3 is 2.36 bits per heavy atom. The minimum atomic E-state index is -3.93. The smallest absolute Gasteiger partial charge is 0.349 e. The van der Waals surface area contributed by atoms with Crippen LogP contribution in [-0.2, 0) is 19.6 Å². The molecular weight excluding hydrogens is 328 g/mol. The van der Waals surface area contributed by atoms with Crippen molar-refractivity contribution in [2.45, 2.75) is 18.7 Å². The first kappa shape index (κ1) is 18.6. The van der Waals surface area contributed by atoms with Crippen LogP contribution in [-0.4, -0.2) is 63.3 Å². The SMILES string of the molecule is CCN(CC)C(=O)CN(C)S(=O)(=O)c1ccsc1C(=O)OC. The molecule has 0 saturated heterocycles. The third-order valence-corrected chi connectivity index (χ3v) is 6.03. The first-order chi connectivity index (χ1) is 10.3. The molecule has 1 aromatic heterocycles. The van der Waals surface area contributed by atoms with Crippen molar-refractivity contribution < 1.29 is 22.7 Å². The maximum Gasteiger partial charge on any atom is 0.349 e. The number of esters is 1. The fourth-order valence-corrected chi connectivity index (χ4v) is 4.29. The van der Waals surface area contributed by atoms with Crippen molar-refractivity contribution in [2.75, 3.05) is 33.8 Å². The number of rotatable bonds is 7. The molecule has 0 saturated carbocycles. The summed E-state index contributed by atoms with van der Waals surface area (Å²) in [5, 5.41) is 1.50. The van der Waals surface area contributed by atoms with E-state index in [0.717, 1.165) is 15.6 Å². The zero-order chi connectivity index (χ0) is 16.9. The van der Waals surface area contributed by atoms with E-state index in [1.807, 2.05) is 13.8 Å². The van der Waals surface area contributed by atoms with E-state index in [4.69, 9.17) is 0 Å². The van der Waals surface area contributed by atoms with E-state index in [2.05, 4.69) is 4.74 Å². The van der Waals surface area contributed by atoms with Gasteiger partial charge in [0.1, 0.15) is 9.77 Å². The number of ether oxygens (including phenoxy) is 1. The summed E-state index contributed by atoms with van der Waals surface area (Å²) in [5.41, 5.74) is 0. The average molecular weight is 348 g/mol. The molecular formula is C13H20N2O5S2. The normalized spacial score (nSPS) is 11.5. The number of carbonyl (C=O) groups excluding carboxylic acids is 2. The molecule has 0 aliphatic rings. The van der Waals surface area contributed by atoms with Gasteiger partial charge in [-0.1, -0.05) is 0 Å². The Bertz CT molecular complexity index is 635. The lowest BCUT2D eigenvalue weighted by Crippen LogP contribution is -2.41. The van der Waals surface area contributed by atoms with Crippen LogP contribution in [0, 0.1) is 0 Å². The van der Waals surface area contributed by atoms with Crippen LogP contribution in [0.3, 0.4) is 0 Å². The number of nitrogens with zero attached hydrogens (tertiary/aromatic N) is 2. The summed E-state index contributed by atoms with van der Waals surface area (Å²) in [7, 11) is -1.43. The summed E-state index contributed by atoms with van der Waals surface area (Å²) in [6.45, 7) is 4.39. The average Bonchev–Trinajstić information content (AvgIpc) is 2.97. The van der Waals surface area contributed by atoms with Gasteiger partial charge in [-0.2, -0.15) is 4.31 Å². The topological polar surface area (TPSA) is 84.0 Å². The molecule has 1 heterocycles. The monoisotopic (exact) mass is 348 g/mol. The lowest BCUT2D eigenvalue weighted by Gasteiger charge is -2.22. The molecule has 0 aliphatic heterocycles. The van der Waals surface area contributed by atoms with Gasteiger partial charge in [0.15, 0.2) is 0 Å². The highest BCUT2D eigenvalue weighted by atomic mass is 32.2. The van der Waals surface area contributed by atoms with Gasteiger partial charge in [0, 0.05) is 20.1 Å². The molecule has 0 unspecified atom stereocenters. The number of carbonyl (C=O) groups is 2. The largest absolute Gasteiger partial charge is 0.465 e. The zero-order valence-electron chi connectivity index (χ0n) is 13.0. The Morgan fingerprint density at radius 1 is 1.27 bits per heavy atom. The predicted octanol–water partition coefficient (Wildman–Crippen LogP) is 1.02. The highest BCUT2D eigenvalue weighted by Crippen LogP contribution is 2.25. The van der Waals surface area contributed by atoms with Crippen LogP contribution >= 0.6 is 11.3 Å².